The minimum atomic E-state index is -0.453. The summed E-state index contributed by atoms with van der Waals surface area (Å²) < 4.78 is 0. The van der Waals surface area contributed by atoms with Crippen molar-refractivity contribution in [1.82, 2.24) is 0 Å². The van der Waals surface area contributed by atoms with Gasteiger partial charge in [0.25, 0.3) is 5.69 Å². The van der Waals surface area contributed by atoms with Gasteiger partial charge in [-0.15, -0.1) is 0 Å². The number of nitrogens with zero attached hydrogens (tertiary/aromatic N) is 1. The van der Waals surface area contributed by atoms with Gasteiger partial charge in [-0.2, -0.15) is 0 Å². The third-order valence-corrected chi connectivity index (χ3v) is 3.39. The molecular formula is C14H18N2O3. The lowest BCUT2D eigenvalue weighted by Gasteiger charge is -2.19. The van der Waals surface area contributed by atoms with Gasteiger partial charge in [-0.25, -0.2) is 0 Å². The summed E-state index contributed by atoms with van der Waals surface area (Å²) in [6, 6.07) is 4.86. The van der Waals surface area contributed by atoms with E-state index < -0.39 is 4.92 Å². The molecule has 1 aliphatic heterocycles. The molecule has 1 aromatic carbocycles. The van der Waals surface area contributed by atoms with Gasteiger partial charge in [-0.1, -0.05) is 32.9 Å². The Balaban J connectivity index is 2.30. The zero-order valence-corrected chi connectivity index (χ0v) is 11.4. The van der Waals surface area contributed by atoms with Crippen LogP contribution in [0.15, 0.2) is 18.2 Å². The van der Waals surface area contributed by atoms with Crippen molar-refractivity contribution in [2.24, 2.45) is 5.41 Å². The third kappa shape index (κ3) is 2.75. The van der Waals surface area contributed by atoms with Crippen LogP contribution in [-0.4, -0.2) is 10.8 Å². The molecule has 1 heterocycles. The van der Waals surface area contributed by atoms with E-state index in [0.29, 0.717) is 12.1 Å². The van der Waals surface area contributed by atoms with Gasteiger partial charge in [0.1, 0.15) is 5.69 Å². The second-order valence-corrected chi connectivity index (χ2v) is 6.14. The Hall–Kier alpha value is -1.91. The van der Waals surface area contributed by atoms with Crippen molar-refractivity contribution < 1.29 is 9.72 Å². The highest BCUT2D eigenvalue weighted by atomic mass is 16.6. The van der Waals surface area contributed by atoms with Crippen molar-refractivity contribution in [3.8, 4) is 0 Å². The van der Waals surface area contributed by atoms with E-state index in [1.165, 1.54) is 6.07 Å². The molecule has 0 saturated heterocycles. The number of carbonyl (C=O) groups is 1. The number of nitro benzene ring substituents is 1. The lowest BCUT2D eigenvalue weighted by Crippen LogP contribution is -2.15. The maximum Gasteiger partial charge on any atom is 0.293 e. The monoisotopic (exact) mass is 262 g/mol. The number of nitro groups is 1. The molecule has 5 nitrogen and oxygen atoms in total. The van der Waals surface area contributed by atoms with Crippen LogP contribution in [0, 0.1) is 15.5 Å². The van der Waals surface area contributed by atoms with Crippen molar-refractivity contribution in [2.75, 3.05) is 5.32 Å². The summed E-state index contributed by atoms with van der Waals surface area (Å²) in [5.41, 5.74) is 1.24. The Morgan fingerprint density at radius 2 is 2.05 bits per heavy atom. The van der Waals surface area contributed by atoms with Crippen molar-refractivity contribution in [3.05, 3.63) is 33.9 Å². The van der Waals surface area contributed by atoms with Gasteiger partial charge < -0.3 is 5.32 Å². The first kappa shape index (κ1) is 13.5. The summed E-state index contributed by atoms with van der Waals surface area (Å²) in [7, 11) is 0. The average Bonchev–Trinajstić information content (AvgIpc) is 2.60. The fourth-order valence-electron chi connectivity index (χ4n) is 2.35. The molecule has 1 unspecified atom stereocenters. The Kier molecular flexibility index (Phi) is 3.30. The summed E-state index contributed by atoms with van der Waals surface area (Å²) in [6.07, 6.45) is 1.61. The van der Waals surface area contributed by atoms with Crippen molar-refractivity contribution >= 4 is 17.3 Å². The number of fused-ring (bicyclic) bond motifs is 1. The number of hydrogen-bond acceptors (Lipinski definition) is 3. The standard InChI is InChI=1S/C14H18N2O3/c1-14(2,3)8-7-10-9-5-4-6-11(16(18)19)12(9)15-13(10)17/h4-6,10H,7-8H2,1-3H3,(H,15,17). The Bertz CT molecular complexity index is 532. The predicted molar refractivity (Wildman–Crippen MR) is 73.2 cm³/mol. The van der Waals surface area contributed by atoms with Gasteiger partial charge in [-0.3, -0.25) is 14.9 Å². The molecule has 1 aromatic rings. The molecular weight excluding hydrogens is 244 g/mol. The van der Waals surface area contributed by atoms with Crippen LogP contribution in [0.5, 0.6) is 0 Å². The molecule has 1 N–H and O–H groups in total. The SMILES string of the molecule is CC(C)(C)CCC1C(=O)Nc2c1cccc2[N+](=O)[O-]. The second-order valence-electron chi connectivity index (χ2n) is 6.14. The highest BCUT2D eigenvalue weighted by Crippen LogP contribution is 2.42. The van der Waals surface area contributed by atoms with E-state index in [0.717, 1.165) is 12.0 Å². The first-order chi connectivity index (χ1) is 8.79. The van der Waals surface area contributed by atoms with E-state index in [2.05, 4.69) is 26.1 Å². The number of carbonyl (C=O) groups excluding carboxylic acids is 1. The number of rotatable bonds is 3. The molecule has 0 bridgehead atoms. The Labute approximate surface area is 112 Å². The maximum absolute atomic E-state index is 12.0. The smallest absolute Gasteiger partial charge is 0.293 e. The first-order valence-corrected chi connectivity index (χ1v) is 6.38. The third-order valence-electron chi connectivity index (χ3n) is 3.39. The molecule has 2 rings (SSSR count). The highest BCUT2D eigenvalue weighted by molar-refractivity contribution is 6.05. The van der Waals surface area contributed by atoms with Crippen LogP contribution in [0.4, 0.5) is 11.4 Å². The van der Waals surface area contributed by atoms with E-state index in [-0.39, 0.29) is 22.9 Å². The lowest BCUT2D eigenvalue weighted by molar-refractivity contribution is -0.383. The van der Waals surface area contributed by atoms with Crippen LogP contribution >= 0.6 is 0 Å². The second kappa shape index (κ2) is 4.64. The summed E-state index contributed by atoms with van der Waals surface area (Å²) in [5, 5.41) is 13.6. The molecule has 0 aliphatic carbocycles. The molecule has 5 heteroatoms. The number of hydrogen-bond donors (Lipinski definition) is 1. The molecule has 0 spiro atoms. The van der Waals surface area contributed by atoms with Crippen molar-refractivity contribution in [2.45, 2.75) is 39.5 Å². The quantitative estimate of drug-likeness (QED) is 0.669. The molecule has 0 saturated carbocycles. The van der Waals surface area contributed by atoms with E-state index in [1.807, 2.05) is 0 Å². The van der Waals surface area contributed by atoms with Gasteiger partial charge in [0, 0.05) is 6.07 Å². The fraction of sp³-hybridized carbons (Fsp3) is 0.500. The largest absolute Gasteiger partial charge is 0.320 e. The summed E-state index contributed by atoms with van der Waals surface area (Å²) in [4.78, 5) is 22.5. The van der Waals surface area contributed by atoms with Crippen LogP contribution < -0.4 is 5.32 Å². The first-order valence-electron chi connectivity index (χ1n) is 6.38. The normalized spacial score (nSPS) is 18.1. The van der Waals surface area contributed by atoms with Gasteiger partial charge in [0.2, 0.25) is 5.91 Å². The fourth-order valence-corrected chi connectivity index (χ4v) is 2.35. The minimum absolute atomic E-state index is 0.0240. The molecule has 1 atom stereocenters. The zero-order chi connectivity index (χ0) is 14.2. The van der Waals surface area contributed by atoms with Gasteiger partial charge in [-0.05, 0) is 23.8 Å². The Morgan fingerprint density at radius 1 is 1.37 bits per heavy atom. The number of benzene rings is 1. The van der Waals surface area contributed by atoms with Gasteiger partial charge in [0.15, 0.2) is 0 Å². The van der Waals surface area contributed by atoms with Crippen LogP contribution in [0.2, 0.25) is 0 Å². The number of para-hydroxylation sites is 1. The number of anilines is 1. The summed E-state index contributed by atoms with van der Waals surface area (Å²) >= 11 is 0. The highest BCUT2D eigenvalue weighted by Gasteiger charge is 2.35. The van der Waals surface area contributed by atoms with Crippen molar-refractivity contribution in [1.29, 1.82) is 0 Å². The van der Waals surface area contributed by atoms with E-state index in [4.69, 9.17) is 0 Å². The average molecular weight is 262 g/mol. The van der Waals surface area contributed by atoms with E-state index in [1.54, 1.807) is 12.1 Å². The molecule has 19 heavy (non-hydrogen) atoms. The lowest BCUT2D eigenvalue weighted by atomic mass is 9.85. The molecule has 0 fully saturated rings. The summed E-state index contributed by atoms with van der Waals surface area (Å²) in [6.45, 7) is 6.36. The molecule has 1 amide bonds. The molecule has 102 valence electrons. The predicted octanol–water partition coefficient (Wildman–Crippen LogP) is 3.46. The number of nitrogens with one attached hydrogen (secondary N) is 1. The van der Waals surface area contributed by atoms with Crippen LogP contribution in [0.1, 0.15) is 45.1 Å². The number of amides is 1. The molecule has 0 radical (unpaired) electrons. The van der Waals surface area contributed by atoms with Gasteiger partial charge in [0.05, 0.1) is 10.8 Å². The minimum Gasteiger partial charge on any atom is -0.320 e. The maximum atomic E-state index is 12.0. The molecule has 0 aromatic heterocycles. The van der Waals surface area contributed by atoms with Gasteiger partial charge >= 0.3 is 0 Å². The van der Waals surface area contributed by atoms with Crippen LogP contribution in [0.25, 0.3) is 0 Å². The van der Waals surface area contributed by atoms with Crippen LogP contribution in [-0.2, 0) is 4.79 Å². The van der Waals surface area contributed by atoms with E-state index >= 15 is 0 Å². The topological polar surface area (TPSA) is 72.2 Å². The van der Waals surface area contributed by atoms with Crippen LogP contribution in [0.3, 0.4) is 0 Å². The van der Waals surface area contributed by atoms with Crippen molar-refractivity contribution in [3.63, 3.8) is 0 Å². The summed E-state index contributed by atoms with van der Waals surface area (Å²) in [5.74, 6) is -0.400. The van der Waals surface area contributed by atoms with E-state index in [9.17, 15) is 14.9 Å². The molecule has 1 aliphatic rings. The zero-order valence-electron chi connectivity index (χ0n) is 11.4. The Morgan fingerprint density at radius 3 is 2.63 bits per heavy atom.